The number of hydrogen-bond donors (Lipinski definition) is 3. The molecule has 1 aromatic rings. The van der Waals surface area contributed by atoms with E-state index < -0.39 is 12.0 Å². The van der Waals surface area contributed by atoms with Crippen LogP contribution in [0, 0.1) is 5.92 Å². The molecule has 1 saturated heterocycles. The van der Waals surface area contributed by atoms with E-state index in [9.17, 15) is 9.59 Å². The van der Waals surface area contributed by atoms with Gasteiger partial charge in [-0.1, -0.05) is 18.2 Å². The van der Waals surface area contributed by atoms with E-state index in [1.165, 1.54) is 6.42 Å². The topological polar surface area (TPSA) is 87.7 Å². The van der Waals surface area contributed by atoms with Gasteiger partial charge >= 0.3 is 5.97 Å². The summed E-state index contributed by atoms with van der Waals surface area (Å²) < 4.78 is 5.97. The second kappa shape index (κ2) is 7.66. The first-order valence-corrected chi connectivity index (χ1v) is 8.62. The second-order valence-electron chi connectivity index (χ2n) is 6.57. The normalized spacial score (nSPS) is 24.0. The van der Waals surface area contributed by atoms with Gasteiger partial charge in [0.2, 0.25) is 5.91 Å². The van der Waals surface area contributed by atoms with Gasteiger partial charge < -0.3 is 20.5 Å². The molecule has 0 radical (unpaired) electrons. The average Bonchev–Trinajstić information content (AvgIpc) is 2.57. The van der Waals surface area contributed by atoms with Crippen LogP contribution in [0.2, 0.25) is 0 Å². The SMILES string of the molecule is O=C(NCc1ccccc1OC1CCC1)C1CCC(C(=O)O)NC1. The molecule has 0 aromatic heterocycles. The number of carboxylic acids is 1. The smallest absolute Gasteiger partial charge is 0.320 e. The lowest BCUT2D eigenvalue weighted by Gasteiger charge is -2.28. The third-order valence-corrected chi connectivity index (χ3v) is 4.85. The molecule has 2 unspecified atom stereocenters. The van der Waals surface area contributed by atoms with Gasteiger partial charge in [0.15, 0.2) is 0 Å². The Morgan fingerprint density at radius 3 is 2.62 bits per heavy atom. The molecule has 1 amide bonds. The maximum absolute atomic E-state index is 12.3. The van der Waals surface area contributed by atoms with E-state index in [0.717, 1.165) is 24.2 Å². The third kappa shape index (κ3) is 4.06. The van der Waals surface area contributed by atoms with E-state index in [1.54, 1.807) is 0 Å². The molecule has 1 heterocycles. The van der Waals surface area contributed by atoms with Crippen LogP contribution in [-0.4, -0.2) is 35.7 Å². The molecule has 2 atom stereocenters. The minimum absolute atomic E-state index is 0.0372. The summed E-state index contributed by atoms with van der Waals surface area (Å²) in [5, 5.41) is 14.8. The Morgan fingerprint density at radius 1 is 1.21 bits per heavy atom. The van der Waals surface area contributed by atoms with E-state index in [0.29, 0.717) is 32.0 Å². The van der Waals surface area contributed by atoms with Crippen molar-refractivity contribution in [3.8, 4) is 5.75 Å². The van der Waals surface area contributed by atoms with Crippen LogP contribution in [0.15, 0.2) is 24.3 Å². The Morgan fingerprint density at radius 2 is 2.00 bits per heavy atom. The Labute approximate surface area is 141 Å². The molecule has 3 N–H and O–H groups in total. The highest BCUT2D eigenvalue weighted by Gasteiger charge is 2.29. The lowest BCUT2D eigenvalue weighted by atomic mass is 9.94. The van der Waals surface area contributed by atoms with Gasteiger partial charge in [-0.25, -0.2) is 0 Å². The maximum Gasteiger partial charge on any atom is 0.320 e. The zero-order valence-corrected chi connectivity index (χ0v) is 13.7. The van der Waals surface area contributed by atoms with E-state index in [-0.39, 0.29) is 11.8 Å². The summed E-state index contributed by atoms with van der Waals surface area (Å²) in [5.41, 5.74) is 0.977. The summed E-state index contributed by atoms with van der Waals surface area (Å²) >= 11 is 0. The number of hydrogen-bond acceptors (Lipinski definition) is 4. The fraction of sp³-hybridized carbons (Fsp3) is 0.556. The van der Waals surface area contributed by atoms with Crippen LogP contribution in [0.25, 0.3) is 0 Å². The van der Waals surface area contributed by atoms with Crippen LogP contribution >= 0.6 is 0 Å². The first-order chi connectivity index (χ1) is 11.6. The van der Waals surface area contributed by atoms with Crippen molar-refractivity contribution in [3.05, 3.63) is 29.8 Å². The molecule has 24 heavy (non-hydrogen) atoms. The van der Waals surface area contributed by atoms with Gasteiger partial charge in [0.25, 0.3) is 0 Å². The molecule has 0 spiro atoms. The van der Waals surface area contributed by atoms with Gasteiger partial charge in [-0.15, -0.1) is 0 Å². The molecular weight excluding hydrogens is 308 g/mol. The number of piperidine rings is 1. The summed E-state index contributed by atoms with van der Waals surface area (Å²) in [6.07, 6.45) is 4.79. The highest BCUT2D eigenvalue weighted by Crippen LogP contribution is 2.27. The minimum Gasteiger partial charge on any atom is -0.490 e. The fourth-order valence-electron chi connectivity index (χ4n) is 3.05. The van der Waals surface area contributed by atoms with Crippen LogP contribution in [0.3, 0.4) is 0 Å². The number of benzene rings is 1. The quantitative estimate of drug-likeness (QED) is 0.738. The molecule has 2 fully saturated rings. The predicted molar refractivity (Wildman–Crippen MR) is 88.7 cm³/mol. The summed E-state index contributed by atoms with van der Waals surface area (Å²) in [5.74, 6) is -0.226. The molecule has 130 valence electrons. The molecule has 1 aliphatic heterocycles. The molecule has 1 aromatic carbocycles. The van der Waals surface area contributed by atoms with Gasteiger partial charge in [-0.05, 0) is 38.2 Å². The lowest BCUT2D eigenvalue weighted by Crippen LogP contribution is -2.48. The average molecular weight is 332 g/mol. The third-order valence-electron chi connectivity index (χ3n) is 4.85. The summed E-state index contributed by atoms with van der Waals surface area (Å²) in [4.78, 5) is 23.2. The van der Waals surface area contributed by atoms with Crippen LogP contribution in [0.1, 0.15) is 37.7 Å². The van der Waals surface area contributed by atoms with E-state index >= 15 is 0 Å². The van der Waals surface area contributed by atoms with Crippen molar-refractivity contribution >= 4 is 11.9 Å². The molecule has 0 bridgehead atoms. The summed E-state index contributed by atoms with van der Waals surface area (Å²) in [7, 11) is 0. The monoisotopic (exact) mass is 332 g/mol. The molecule has 3 rings (SSSR count). The van der Waals surface area contributed by atoms with Crippen molar-refractivity contribution in [2.45, 2.75) is 50.8 Å². The Kier molecular flexibility index (Phi) is 5.35. The number of rotatable bonds is 6. The number of amides is 1. The number of carbonyl (C=O) groups excluding carboxylic acids is 1. The van der Waals surface area contributed by atoms with Crippen molar-refractivity contribution < 1.29 is 19.4 Å². The molecule has 1 saturated carbocycles. The predicted octanol–water partition coefficient (Wildman–Crippen LogP) is 1.69. The molecule has 6 nitrogen and oxygen atoms in total. The van der Waals surface area contributed by atoms with Gasteiger partial charge in [0.1, 0.15) is 11.8 Å². The summed E-state index contributed by atoms with van der Waals surface area (Å²) in [6, 6.07) is 7.25. The Balaban J connectivity index is 1.50. The largest absolute Gasteiger partial charge is 0.490 e. The highest BCUT2D eigenvalue weighted by atomic mass is 16.5. The number of nitrogens with one attached hydrogen (secondary N) is 2. The maximum atomic E-state index is 12.3. The first-order valence-electron chi connectivity index (χ1n) is 8.62. The number of ether oxygens (including phenoxy) is 1. The van der Waals surface area contributed by atoms with Gasteiger partial charge in [0.05, 0.1) is 12.0 Å². The van der Waals surface area contributed by atoms with Crippen LogP contribution in [-0.2, 0) is 16.1 Å². The zero-order valence-electron chi connectivity index (χ0n) is 13.7. The number of carboxylic acid groups (broad SMARTS) is 1. The molecule has 1 aliphatic carbocycles. The molecule has 2 aliphatic rings. The van der Waals surface area contributed by atoms with Crippen LogP contribution < -0.4 is 15.4 Å². The second-order valence-corrected chi connectivity index (χ2v) is 6.57. The first kappa shape index (κ1) is 16.8. The highest BCUT2D eigenvalue weighted by molar-refractivity contribution is 5.80. The number of aliphatic carboxylic acids is 1. The lowest BCUT2D eigenvalue weighted by molar-refractivity contribution is -0.141. The Bertz CT molecular complexity index is 592. The zero-order chi connectivity index (χ0) is 16.9. The van der Waals surface area contributed by atoms with Crippen molar-refractivity contribution in [1.29, 1.82) is 0 Å². The Hall–Kier alpha value is -2.08. The minimum atomic E-state index is -0.851. The van der Waals surface area contributed by atoms with Crippen molar-refractivity contribution in [3.63, 3.8) is 0 Å². The van der Waals surface area contributed by atoms with E-state index in [4.69, 9.17) is 9.84 Å². The fourth-order valence-corrected chi connectivity index (χ4v) is 3.05. The van der Waals surface area contributed by atoms with Crippen molar-refractivity contribution in [1.82, 2.24) is 10.6 Å². The standard InChI is InChI=1S/C18H24N2O4/c21-17(13-8-9-15(18(22)23)19-11-13)20-10-12-4-1-2-7-16(12)24-14-5-3-6-14/h1-2,4,7,13-15,19H,3,5-6,8-11H2,(H,20,21)(H,22,23). The number of para-hydroxylation sites is 1. The van der Waals surface area contributed by atoms with E-state index in [1.807, 2.05) is 24.3 Å². The van der Waals surface area contributed by atoms with Gasteiger partial charge in [0, 0.05) is 18.7 Å². The van der Waals surface area contributed by atoms with Crippen LogP contribution in [0.5, 0.6) is 5.75 Å². The van der Waals surface area contributed by atoms with Gasteiger partial charge in [-0.2, -0.15) is 0 Å². The molecular formula is C18H24N2O4. The van der Waals surface area contributed by atoms with E-state index in [2.05, 4.69) is 10.6 Å². The van der Waals surface area contributed by atoms with Crippen molar-refractivity contribution in [2.75, 3.05) is 6.54 Å². The number of carbonyl (C=O) groups is 2. The molecule has 6 heteroatoms. The van der Waals surface area contributed by atoms with Gasteiger partial charge in [-0.3, -0.25) is 9.59 Å². The van der Waals surface area contributed by atoms with Crippen LogP contribution in [0.4, 0.5) is 0 Å². The van der Waals surface area contributed by atoms with Crippen molar-refractivity contribution in [2.24, 2.45) is 5.92 Å². The summed E-state index contributed by atoms with van der Waals surface area (Å²) in [6.45, 7) is 0.837.